The second-order valence-corrected chi connectivity index (χ2v) is 7.02. The van der Waals surface area contributed by atoms with Gasteiger partial charge in [-0.1, -0.05) is 0 Å². The molecule has 0 radical (unpaired) electrons. The number of nitrogens with one attached hydrogen (secondary N) is 1. The highest BCUT2D eigenvalue weighted by Gasteiger charge is 2.33. The largest absolute Gasteiger partial charge is 0.317 e. The molecule has 1 saturated carbocycles. The normalized spacial score (nSPS) is 24.0. The molecule has 0 amide bonds. The summed E-state index contributed by atoms with van der Waals surface area (Å²) in [7, 11) is -0.447. The highest BCUT2D eigenvalue weighted by molar-refractivity contribution is 7.89. The molecular weight excluding hydrogens is 281 g/mol. The summed E-state index contributed by atoms with van der Waals surface area (Å²) in [6.45, 7) is 0. The van der Waals surface area contributed by atoms with E-state index in [0.717, 1.165) is 31.7 Å². The Balaban J connectivity index is 2.16. The zero-order valence-corrected chi connectivity index (χ0v) is 12.5. The van der Waals surface area contributed by atoms with Gasteiger partial charge in [-0.05, 0) is 44.9 Å². The molecule has 0 unspecified atom stereocenters. The third-order valence-corrected chi connectivity index (χ3v) is 5.81. The minimum atomic E-state index is -3.87. The molecule has 2 rings (SSSR count). The zero-order chi connectivity index (χ0) is 14.8. The lowest BCUT2D eigenvalue weighted by atomic mass is 9.91. The van der Waals surface area contributed by atoms with Gasteiger partial charge in [0.15, 0.2) is 5.82 Å². The van der Waals surface area contributed by atoms with Crippen molar-refractivity contribution in [1.29, 1.82) is 0 Å². The van der Waals surface area contributed by atoms with Crippen molar-refractivity contribution in [2.75, 3.05) is 14.1 Å². The van der Waals surface area contributed by atoms with Crippen molar-refractivity contribution >= 4 is 10.0 Å². The van der Waals surface area contributed by atoms with E-state index in [0.29, 0.717) is 6.04 Å². The second-order valence-electron chi connectivity index (χ2n) is 5.11. The number of hydrogen-bond donors (Lipinski definition) is 1. The molecule has 112 valence electrons. The van der Waals surface area contributed by atoms with Crippen molar-refractivity contribution in [1.82, 2.24) is 14.6 Å². The monoisotopic (exact) mass is 301 g/mol. The Labute approximate surface area is 119 Å². The summed E-state index contributed by atoms with van der Waals surface area (Å²) in [5.74, 6) is -0.803. The van der Waals surface area contributed by atoms with E-state index in [1.807, 2.05) is 7.05 Å². The number of pyridine rings is 1. The molecule has 20 heavy (non-hydrogen) atoms. The van der Waals surface area contributed by atoms with Crippen molar-refractivity contribution in [2.24, 2.45) is 0 Å². The first-order valence-electron chi connectivity index (χ1n) is 6.72. The fraction of sp³-hybridized carbons (Fsp3) is 0.615. The average molecular weight is 301 g/mol. The summed E-state index contributed by atoms with van der Waals surface area (Å²) in [6, 6.07) is 2.85. The predicted octanol–water partition coefficient (Wildman–Crippen LogP) is 1.37. The maximum Gasteiger partial charge on any atom is 0.263 e. The van der Waals surface area contributed by atoms with Crippen LogP contribution in [0.5, 0.6) is 0 Å². The van der Waals surface area contributed by atoms with Crippen LogP contribution in [0.25, 0.3) is 0 Å². The van der Waals surface area contributed by atoms with Crippen molar-refractivity contribution < 1.29 is 12.8 Å². The SMILES string of the molecule is CNC1CCC(N(C)S(=O)(=O)c2ncccc2F)CC1. The van der Waals surface area contributed by atoms with E-state index >= 15 is 0 Å². The van der Waals surface area contributed by atoms with Crippen LogP contribution < -0.4 is 5.32 Å². The van der Waals surface area contributed by atoms with E-state index < -0.39 is 20.9 Å². The van der Waals surface area contributed by atoms with Gasteiger partial charge in [0.1, 0.15) is 0 Å². The van der Waals surface area contributed by atoms with Gasteiger partial charge in [0, 0.05) is 25.3 Å². The molecule has 1 heterocycles. The van der Waals surface area contributed by atoms with Gasteiger partial charge in [-0.25, -0.2) is 17.8 Å². The van der Waals surface area contributed by atoms with Gasteiger partial charge in [0.2, 0.25) is 5.03 Å². The van der Waals surface area contributed by atoms with Gasteiger partial charge >= 0.3 is 0 Å². The van der Waals surface area contributed by atoms with Crippen molar-refractivity contribution in [3.05, 3.63) is 24.1 Å². The topological polar surface area (TPSA) is 62.3 Å². The Morgan fingerprint density at radius 3 is 2.55 bits per heavy atom. The first kappa shape index (κ1) is 15.3. The maximum atomic E-state index is 13.7. The van der Waals surface area contributed by atoms with E-state index in [1.54, 1.807) is 0 Å². The van der Waals surface area contributed by atoms with Crippen LogP contribution in [0.4, 0.5) is 4.39 Å². The van der Waals surface area contributed by atoms with Crippen LogP contribution >= 0.6 is 0 Å². The molecule has 1 N–H and O–H groups in total. The third-order valence-electron chi connectivity index (χ3n) is 3.97. The second kappa shape index (κ2) is 6.15. The molecule has 0 aliphatic heterocycles. The zero-order valence-electron chi connectivity index (χ0n) is 11.7. The quantitative estimate of drug-likeness (QED) is 0.912. The van der Waals surface area contributed by atoms with Crippen LogP contribution in [0.15, 0.2) is 23.4 Å². The van der Waals surface area contributed by atoms with Crippen molar-refractivity contribution in [3.63, 3.8) is 0 Å². The van der Waals surface area contributed by atoms with Crippen LogP contribution in [0.3, 0.4) is 0 Å². The molecular formula is C13H20FN3O2S. The third kappa shape index (κ3) is 2.99. The Hall–Kier alpha value is -1.05. The van der Waals surface area contributed by atoms with Gasteiger partial charge in [-0.15, -0.1) is 0 Å². The number of aromatic nitrogens is 1. The summed E-state index contributed by atoms with van der Waals surface area (Å²) in [4.78, 5) is 3.68. The molecule has 5 nitrogen and oxygen atoms in total. The minimum absolute atomic E-state index is 0.0917. The summed E-state index contributed by atoms with van der Waals surface area (Å²) >= 11 is 0. The first-order valence-corrected chi connectivity index (χ1v) is 8.16. The lowest BCUT2D eigenvalue weighted by Gasteiger charge is -2.33. The fourth-order valence-corrected chi connectivity index (χ4v) is 4.01. The average Bonchev–Trinajstić information content (AvgIpc) is 2.47. The van der Waals surface area contributed by atoms with Crippen molar-refractivity contribution in [2.45, 2.75) is 42.8 Å². The molecule has 1 fully saturated rings. The maximum absolute atomic E-state index is 13.7. The van der Waals surface area contributed by atoms with Crippen LogP contribution in [0.1, 0.15) is 25.7 Å². The summed E-state index contributed by atoms with van der Waals surface area (Å²) in [5.41, 5.74) is 0. The molecule has 1 aliphatic rings. The fourth-order valence-electron chi connectivity index (χ4n) is 2.62. The van der Waals surface area contributed by atoms with Crippen LogP contribution in [-0.2, 0) is 10.0 Å². The highest BCUT2D eigenvalue weighted by Crippen LogP contribution is 2.26. The molecule has 0 aromatic carbocycles. The van der Waals surface area contributed by atoms with E-state index in [1.165, 1.54) is 23.6 Å². The van der Waals surface area contributed by atoms with Crippen LogP contribution in [0.2, 0.25) is 0 Å². The lowest BCUT2D eigenvalue weighted by Crippen LogP contribution is -2.42. The van der Waals surface area contributed by atoms with Crippen molar-refractivity contribution in [3.8, 4) is 0 Å². The summed E-state index contributed by atoms with van der Waals surface area (Å²) in [6.07, 6.45) is 4.69. The molecule has 1 aliphatic carbocycles. The number of nitrogens with zero attached hydrogens (tertiary/aromatic N) is 2. The van der Waals surface area contributed by atoms with Crippen LogP contribution in [0, 0.1) is 5.82 Å². The molecule has 1 aromatic rings. The van der Waals surface area contributed by atoms with E-state index in [9.17, 15) is 12.8 Å². The number of halogens is 1. The minimum Gasteiger partial charge on any atom is -0.317 e. The molecule has 1 aromatic heterocycles. The van der Waals surface area contributed by atoms with E-state index in [-0.39, 0.29) is 6.04 Å². The molecule has 7 heteroatoms. The van der Waals surface area contributed by atoms with E-state index in [2.05, 4.69) is 10.3 Å². The van der Waals surface area contributed by atoms with Crippen LogP contribution in [-0.4, -0.2) is 43.9 Å². The van der Waals surface area contributed by atoms with Gasteiger partial charge in [0.25, 0.3) is 10.0 Å². The Morgan fingerprint density at radius 2 is 2.00 bits per heavy atom. The number of sulfonamides is 1. The molecule has 0 saturated heterocycles. The van der Waals surface area contributed by atoms with E-state index in [4.69, 9.17) is 0 Å². The molecule has 0 spiro atoms. The molecule has 0 bridgehead atoms. The predicted molar refractivity (Wildman–Crippen MR) is 74.2 cm³/mol. The number of hydrogen-bond acceptors (Lipinski definition) is 4. The molecule has 0 atom stereocenters. The first-order chi connectivity index (χ1) is 9.46. The van der Waals surface area contributed by atoms with Gasteiger partial charge in [-0.2, -0.15) is 4.31 Å². The Bertz CT molecular complexity index is 556. The smallest absolute Gasteiger partial charge is 0.263 e. The summed E-state index contributed by atoms with van der Waals surface area (Å²) in [5, 5.41) is 2.71. The lowest BCUT2D eigenvalue weighted by molar-refractivity contribution is 0.254. The number of rotatable bonds is 4. The highest BCUT2D eigenvalue weighted by atomic mass is 32.2. The standard InChI is InChI=1S/C13H20FN3O2S/c1-15-10-5-7-11(8-6-10)17(2)20(18,19)13-12(14)4-3-9-16-13/h3-4,9-11,15H,5-8H2,1-2H3. The Morgan fingerprint density at radius 1 is 1.35 bits per heavy atom. The van der Waals surface area contributed by atoms with Gasteiger partial charge in [-0.3, -0.25) is 0 Å². The summed E-state index contributed by atoms with van der Waals surface area (Å²) < 4.78 is 39.7. The Kier molecular flexibility index (Phi) is 4.72. The van der Waals surface area contributed by atoms with Gasteiger partial charge in [0.05, 0.1) is 0 Å². The van der Waals surface area contributed by atoms with Gasteiger partial charge < -0.3 is 5.32 Å².